The van der Waals surface area contributed by atoms with Crippen LogP contribution < -0.4 is 20.1 Å². The SMILES string of the molecule is Cc1nc(Oc2ccc(NS(=O)(=O)CC3CC3)nc2C)c(-c2ccnc(N[C@@H]3CNC[C@@H](F)C3)n2)s1. The zero-order chi connectivity index (χ0) is 25.3. The Morgan fingerprint density at radius 3 is 2.75 bits per heavy atom. The molecule has 0 bridgehead atoms. The molecule has 3 N–H and O–H groups in total. The van der Waals surface area contributed by atoms with Crippen molar-refractivity contribution >= 4 is 33.1 Å². The zero-order valence-electron chi connectivity index (χ0n) is 20.0. The van der Waals surface area contributed by atoms with Crippen molar-refractivity contribution in [3.8, 4) is 22.2 Å². The quantitative estimate of drug-likeness (QED) is 0.377. The number of hydrogen-bond acceptors (Lipinski definition) is 10. The highest BCUT2D eigenvalue weighted by atomic mass is 32.2. The van der Waals surface area contributed by atoms with Crippen LogP contribution >= 0.6 is 11.3 Å². The van der Waals surface area contributed by atoms with E-state index in [1.54, 1.807) is 31.3 Å². The Morgan fingerprint density at radius 2 is 2.00 bits per heavy atom. The molecule has 2 aliphatic rings. The molecule has 2 atom stereocenters. The molecular formula is C23H28FN7O3S2. The molecule has 1 saturated carbocycles. The van der Waals surface area contributed by atoms with E-state index in [1.165, 1.54) is 11.3 Å². The molecule has 2 fully saturated rings. The standard InChI is InChI=1S/C23H28FN7O3S2/c1-13-19(5-6-20(27-13)31-36(32,33)12-15-3-4-15)34-22-21(35-14(2)28-22)18-7-8-26-23(30-18)29-17-9-16(24)10-25-11-17/h5-8,15-17,25H,3-4,9-12H2,1-2H3,(H,27,31)(H,26,29,30)/t16-,17-/m0/s1. The second kappa shape index (κ2) is 10.2. The number of nitrogens with one attached hydrogen (secondary N) is 3. The van der Waals surface area contributed by atoms with Crippen LogP contribution in [0, 0.1) is 19.8 Å². The molecule has 0 spiro atoms. The first-order valence-corrected chi connectivity index (χ1v) is 14.3. The molecule has 1 saturated heterocycles. The number of hydrogen-bond donors (Lipinski definition) is 3. The molecule has 0 amide bonds. The molecule has 1 aliphatic carbocycles. The lowest BCUT2D eigenvalue weighted by Gasteiger charge is -2.26. The normalized spacial score (nSPS) is 20.2. The van der Waals surface area contributed by atoms with Crippen molar-refractivity contribution in [2.75, 3.05) is 28.9 Å². The molecule has 0 radical (unpaired) electrons. The number of ether oxygens (including phenoxy) is 1. The summed E-state index contributed by atoms with van der Waals surface area (Å²) in [5.74, 6) is 1.86. The number of alkyl halides is 1. The Morgan fingerprint density at radius 1 is 1.17 bits per heavy atom. The van der Waals surface area contributed by atoms with Crippen LogP contribution in [0.3, 0.4) is 0 Å². The first kappa shape index (κ1) is 24.8. The van der Waals surface area contributed by atoms with Gasteiger partial charge in [0.05, 0.1) is 22.1 Å². The van der Waals surface area contributed by atoms with Crippen LogP contribution in [0.25, 0.3) is 10.6 Å². The summed E-state index contributed by atoms with van der Waals surface area (Å²) < 4.78 is 46.9. The molecule has 10 nitrogen and oxygen atoms in total. The molecular weight excluding hydrogens is 505 g/mol. The number of aromatic nitrogens is 4. The fraction of sp³-hybridized carbons (Fsp3) is 0.478. The van der Waals surface area contributed by atoms with Gasteiger partial charge in [-0.25, -0.2) is 32.7 Å². The maximum atomic E-state index is 13.7. The number of rotatable bonds is 9. The minimum Gasteiger partial charge on any atom is -0.436 e. The van der Waals surface area contributed by atoms with Crippen molar-refractivity contribution in [1.29, 1.82) is 0 Å². The van der Waals surface area contributed by atoms with Gasteiger partial charge in [0, 0.05) is 31.7 Å². The number of sulfonamides is 1. The molecule has 3 aromatic heterocycles. The third kappa shape index (κ3) is 6.26. The van der Waals surface area contributed by atoms with Crippen LogP contribution in [0.1, 0.15) is 30.0 Å². The van der Waals surface area contributed by atoms with Gasteiger partial charge in [-0.1, -0.05) is 0 Å². The predicted octanol–water partition coefficient (Wildman–Crippen LogP) is 3.67. The van der Waals surface area contributed by atoms with E-state index in [-0.39, 0.29) is 23.5 Å². The second-order valence-electron chi connectivity index (χ2n) is 9.17. The van der Waals surface area contributed by atoms with Crippen LogP contribution in [-0.2, 0) is 10.0 Å². The van der Waals surface area contributed by atoms with Crippen LogP contribution in [0.2, 0.25) is 0 Å². The number of piperidine rings is 1. The highest BCUT2D eigenvalue weighted by Gasteiger charge is 2.28. The van der Waals surface area contributed by atoms with Crippen molar-refractivity contribution < 1.29 is 17.5 Å². The molecule has 0 aromatic carbocycles. The van der Waals surface area contributed by atoms with Crippen LogP contribution in [-0.4, -0.2) is 59.4 Å². The minimum atomic E-state index is -3.43. The molecule has 3 aromatic rings. The van der Waals surface area contributed by atoms with E-state index in [4.69, 9.17) is 4.74 Å². The van der Waals surface area contributed by atoms with Gasteiger partial charge >= 0.3 is 0 Å². The Hall–Kier alpha value is -2.90. The monoisotopic (exact) mass is 533 g/mol. The van der Waals surface area contributed by atoms with Gasteiger partial charge in [0.2, 0.25) is 21.9 Å². The van der Waals surface area contributed by atoms with Gasteiger partial charge < -0.3 is 15.4 Å². The molecule has 4 heterocycles. The molecule has 0 unspecified atom stereocenters. The summed E-state index contributed by atoms with van der Waals surface area (Å²) in [6, 6.07) is 4.92. The van der Waals surface area contributed by atoms with Crippen molar-refractivity contribution in [3.05, 3.63) is 35.1 Å². The average Bonchev–Trinajstić information content (AvgIpc) is 3.53. The lowest BCUT2D eigenvalue weighted by molar-refractivity contribution is 0.254. The number of aryl methyl sites for hydroxylation is 2. The maximum absolute atomic E-state index is 13.7. The summed E-state index contributed by atoms with van der Waals surface area (Å²) in [6.45, 7) is 4.62. The summed E-state index contributed by atoms with van der Waals surface area (Å²) >= 11 is 1.43. The Balaban J connectivity index is 1.32. The first-order chi connectivity index (χ1) is 17.2. The Labute approximate surface area is 213 Å². The van der Waals surface area contributed by atoms with E-state index in [2.05, 4.69) is 35.3 Å². The fourth-order valence-corrected chi connectivity index (χ4v) is 6.28. The molecule has 13 heteroatoms. The van der Waals surface area contributed by atoms with Crippen molar-refractivity contribution in [3.63, 3.8) is 0 Å². The summed E-state index contributed by atoms with van der Waals surface area (Å²) in [7, 11) is -3.43. The number of anilines is 2. The third-order valence-corrected chi connectivity index (χ3v) is 8.28. The zero-order valence-corrected chi connectivity index (χ0v) is 21.6. The van der Waals surface area contributed by atoms with Gasteiger partial charge in [0.15, 0.2) is 5.75 Å². The molecule has 1 aliphatic heterocycles. The topological polar surface area (TPSA) is 131 Å². The van der Waals surface area contributed by atoms with E-state index < -0.39 is 16.2 Å². The van der Waals surface area contributed by atoms with Crippen LogP contribution in [0.4, 0.5) is 16.2 Å². The summed E-state index contributed by atoms with van der Waals surface area (Å²) in [5, 5.41) is 7.05. The minimum absolute atomic E-state index is 0.100. The van der Waals surface area contributed by atoms with Gasteiger partial charge in [-0.15, -0.1) is 11.3 Å². The molecule has 5 rings (SSSR count). The largest absolute Gasteiger partial charge is 0.436 e. The number of nitrogens with zero attached hydrogens (tertiary/aromatic N) is 4. The van der Waals surface area contributed by atoms with E-state index in [1.807, 2.05) is 6.92 Å². The molecule has 36 heavy (non-hydrogen) atoms. The highest BCUT2D eigenvalue weighted by Crippen LogP contribution is 2.38. The van der Waals surface area contributed by atoms with Crippen molar-refractivity contribution in [2.45, 2.75) is 45.3 Å². The van der Waals surface area contributed by atoms with E-state index in [0.29, 0.717) is 48.5 Å². The Bertz CT molecular complexity index is 1350. The first-order valence-electron chi connectivity index (χ1n) is 11.8. The third-order valence-electron chi connectivity index (χ3n) is 5.88. The van der Waals surface area contributed by atoms with E-state index >= 15 is 0 Å². The lowest BCUT2D eigenvalue weighted by atomic mass is 10.1. The van der Waals surface area contributed by atoms with Gasteiger partial charge in [0.25, 0.3) is 0 Å². The van der Waals surface area contributed by atoms with Crippen LogP contribution in [0.15, 0.2) is 24.4 Å². The number of halogens is 1. The van der Waals surface area contributed by atoms with Crippen molar-refractivity contribution in [1.82, 2.24) is 25.3 Å². The number of thiazole rings is 1. The van der Waals surface area contributed by atoms with Crippen LogP contribution in [0.5, 0.6) is 11.6 Å². The van der Waals surface area contributed by atoms with Gasteiger partial charge in [0.1, 0.15) is 16.9 Å². The van der Waals surface area contributed by atoms with E-state index in [0.717, 1.165) is 22.7 Å². The smallest absolute Gasteiger partial charge is 0.240 e. The number of pyridine rings is 1. The second-order valence-corrected chi connectivity index (χ2v) is 12.1. The predicted molar refractivity (Wildman–Crippen MR) is 137 cm³/mol. The summed E-state index contributed by atoms with van der Waals surface area (Å²) in [5.41, 5.74) is 1.15. The lowest BCUT2D eigenvalue weighted by Crippen LogP contribution is -2.44. The van der Waals surface area contributed by atoms with Crippen molar-refractivity contribution in [2.24, 2.45) is 5.92 Å². The van der Waals surface area contributed by atoms with Gasteiger partial charge in [-0.3, -0.25) is 4.72 Å². The summed E-state index contributed by atoms with van der Waals surface area (Å²) in [4.78, 5) is 18.5. The fourth-order valence-electron chi connectivity index (χ4n) is 3.99. The maximum Gasteiger partial charge on any atom is 0.240 e. The highest BCUT2D eigenvalue weighted by molar-refractivity contribution is 7.92. The van der Waals surface area contributed by atoms with E-state index in [9.17, 15) is 12.8 Å². The van der Waals surface area contributed by atoms with Gasteiger partial charge in [-0.2, -0.15) is 0 Å². The average molecular weight is 534 g/mol. The Kier molecular flexibility index (Phi) is 7.04. The van der Waals surface area contributed by atoms with Gasteiger partial charge in [-0.05, 0) is 50.8 Å². The summed E-state index contributed by atoms with van der Waals surface area (Å²) in [6.07, 6.45) is 3.04. The molecule has 192 valence electrons.